The minimum absolute atomic E-state index is 0.261. The highest BCUT2D eigenvalue weighted by Gasteiger charge is 2.32. The summed E-state index contributed by atoms with van der Waals surface area (Å²) in [6.45, 7) is 0. The molecule has 9 heteroatoms. The van der Waals surface area contributed by atoms with Crippen LogP contribution in [0.2, 0.25) is 5.02 Å². The van der Waals surface area contributed by atoms with Crippen LogP contribution in [0.5, 0.6) is 0 Å². The molecule has 106 valence electrons. The molecule has 0 aliphatic heterocycles. The van der Waals surface area contributed by atoms with E-state index in [4.69, 9.17) is 28.0 Å². The first kappa shape index (κ1) is 15.8. The minimum Gasteiger partial charge on any atom is -0.385 e. The first-order valence-corrected chi connectivity index (χ1v) is 5.32. The van der Waals surface area contributed by atoms with Gasteiger partial charge in [0, 0.05) is 6.08 Å². The monoisotopic (exact) mass is 306 g/mol. The van der Waals surface area contributed by atoms with Crippen molar-refractivity contribution in [2.45, 2.75) is 6.18 Å². The van der Waals surface area contributed by atoms with Crippen molar-refractivity contribution in [3.05, 3.63) is 40.4 Å². The van der Waals surface area contributed by atoms with E-state index in [9.17, 15) is 17.6 Å². The number of anilines is 1. The molecule has 1 aromatic carbocycles. The summed E-state index contributed by atoms with van der Waals surface area (Å²) in [6, 6.07) is 2.25. The van der Waals surface area contributed by atoms with Crippen LogP contribution >= 0.6 is 11.6 Å². The Morgan fingerprint density at radius 2 is 2.05 bits per heavy atom. The smallest absolute Gasteiger partial charge is 0.385 e. The number of hydrogen-bond acceptors (Lipinski definition) is 4. The van der Waals surface area contributed by atoms with Gasteiger partial charge >= 0.3 is 6.18 Å². The van der Waals surface area contributed by atoms with Crippen molar-refractivity contribution in [1.82, 2.24) is 0 Å². The minimum atomic E-state index is -4.73. The van der Waals surface area contributed by atoms with Gasteiger partial charge in [0.1, 0.15) is 23.4 Å². The average Bonchev–Trinajstić information content (AvgIpc) is 2.32. The zero-order chi connectivity index (χ0) is 15.5. The van der Waals surface area contributed by atoms with E-state index in [-0.39, 0.29) is 11.9 Å². The second kappa shape index (κ2) is 5.79. The van der Waals surface area contributed by atoms with Crippen molar-refractivity contribution >= 4 is 23.0 Å². The number of benzene rings is 1. The van der Waals surface area contributed by atoms with Gasteiger partial charge in [-0.2, -0.15) is 18.4 Å². The third-order valence-corrected chi connectivity index (χ3v) is 2.36. The summed E-state index contributed by atoms with van der Waals surface area (Å²) < 4.78 is 50.8. The molecular formula is C11H7ClF4N4. The summed E-state index contributed by atoms with van der Waals surface area (Å²) in [5, 5.41) is 17.0. The lowest BCUT2D eigenvalue weighted by atomic mass is 10.2. The number of nitriles is 1. The molecule has 0 heterocycles. The fourth-order valence-corrected chi connectivity index (χ4v) is 1.48. The normalized spacial score (nSPS) is 11.9. The quantitative estimate of drug-likeness (QED) is 0.592. The summed E-state index contributed by atoms with van der Waals surface area (Å²) in [5.41, 5.74) is 3.13. The predicted octanol–water partition coefficient (Wildman–Crippen LogP) is 3.25. The van der Waals surface area contributed by atoms with E-state index in [0.717, 1.165) is 6.08 Å². The fourth-order valence-electron chi connectivity index (χ4n) is 1.22. The zero-order valence-corrected chi connectivity index (χ0v) is 10.4. The molecule has 0 radical (unpaired) electrons. The van der Waals surface area contributed by atoms with Gasteiger partial charge in [0.05, 0.1) is 16.3 Å². The maximum Gasteiger partial charge on any atom is 0.416 e. The van der Waals surface area contributed by atoms with Gasteiger partial charge in [0.25, 0.3) is 0 Å². The standard InChI is InChI=1S/C11H7ClF4N4/c12-7-1-5(11(14,15)16)2-8(13)10(7)20-9(19)3-6(18)4-17/h1-3,18,20H,19H2/b9-3-,18-6?. The van der Waals surface area contributed by atoms with Gasteiger partial charge < -0.3 is 11.1 Å². The van der Waals surface area contributed by atoms with Crippen LogP contribution in [0.1, 0.15) is 5.56 Å². The molecule has 4 N–H and O–H groups in total. The van der Waals surface area contributed by atoms with Crippen molar-refractivity contribution < 1.29 is 17.6 Å². The molecule has 1 aromatic rings. The van der Waals surface area contributed by atoms with Crippen LogP contribution in [-0.2, 0) is 6.18 Å². The van der Waals surface area contributed by atoms with Crippen molar-refractivity contribution in [1.29, 1.82) is 10.7 Å². The molecule has 0 spiro atoms. The van der Waals surface area contributed by atoms with Gasteiger partial charge in [0.15, 0.2) is 0 Å². The Morgan fingerprint density at radius 1 is 1.45 bits per heavy atom. The van der Waals surface area contributed by atoms with Gasteiger partial charge in [0.2, 0.25) is 0 Å². The molecule has 4 nitrogen and oxygen atoms in total. The SMILES string of the molecule is N#CC(=N)/C=C(/N)Nc1c(F)cc(C(F)(F)F)cc1Cl. The second-order valence-electron chi connectivity index (χ2n) is 3.56. The number of halogens is 5. The molecule has 0 atom stereocenters. The zero-order valence-electron chi connectivity index (χ0n) is 9.65. The average molecular weight is 307 g/mol. The molecule has 0 aliphatic carbocycles. The highest BCUT2D eigenvalue weighted by atomic mass is 35.5. The van der Waals surface area contributed by atoms with Crippen LogP contribution < -0.4 is 11.1 Å². The molecule has 0 aliphatic rings. The molecule has 0 saturated carbocycles. The van der Waals surface area contributed by atoms with E-state index in [1.807, 2.05) is 0 Å². The second-order valence-corrected chi connectivity index (χ2v) is 3.97. The molecule has 1 rings (SSSR count). The molecule has 0 bridgehead atoms. The van der Waals surface area contributed by atoms with Crippen LogP contribution in [0.4, 0.5) is 23.2 Å². The van der Waals surface area contributed by atoms with Gasteiger partial charge in [-0.15, -0.1) is 0 Å². The van der Waals surface area contributed by atoms with Crippen molar-refractivity contribution in [3.8, 4) is 6.07 Å². The number of nitrogens with one attached hydrogen (secondary N) is 2. The molecule has 0 aromatic heterocycles. The molecule has 0 amide bonds. The molecule has 0 fully saturated rings. The van der Waals surface area contributed by atoms with Crippen molar-refractivity contribution in [2.24, 2.45) is 5.73 Å². The first-order valence-electron chi connectivity index (χ1n) is 4.94. The van der Waals surface area contributed by atoms with E-state index in [1.54, 1.807) is 0 Å². The first-order chi connectivity index (χ1) is 9.15. The lowest BCUT2D eigenvalue weighted by Gasteiger charge is -2.13. The van der Waals surface area contributed by atoms with E-state index in [0.29, 0.717) is 6.07 Å². The van der Waals surface area contributed by atoms with E-state index < -0.39 is 34.0 Å². The molecular weight excluding hydrogens is 300 g/mol. The summed E-state index contributed by atoms with van der Waals surface area (Å²) in [5.74, 6) is -1.57. The third kappa shape index (κ3) is 3.86. The van der Waals surface area contributed by atoms with Crippen LogP contribution in [0.3, 0.4) is 0 Å². The number of rotatable bonds is 3. The predicted molar refractivity (Wildman–Crippen MR) is 65.6 cm³/mol. The number of nitrogens with two attached hydrogens (primary N) is 1. The maximum atomic E-state index is 13.6. The van der Waals surface area contributed by atoms with Crippen molar-refractivity contribution in [2.75, 3.05) is 5.32 Å². The Labute approximate surface area is 115 Å². The van der Waals surface area contributed by atoms with Crippen LogP contribution in [0.25, 0.3) is 0 Å². The Balaban J connectivity index is 3.14. The molecule has 0 unspecified atom stereocenters. The van der Waals surface area contributed by atoms with Gasteiger partial charge in [-0.3, -0.25) is 5.41 Å². The van der Waals surface area contributed by atoms with E-state index in [1.165, 1.54) is 6.07 Å². The van der Waals surface area contributed by atoms with Gasteiger partial charge in [-0.05, 0) is 12.1 Å². The maximum absolute atomic E-state index is 13.6. The lowest BCUT2D eigenvalue weighted by Crippen LogP contribution is -2.13. The molecule has 20 heavy (non-hydrogen) atoms. The van der Waals surface area contributed by atoms with E-state index in [2.05, 4.69) is 5.32 Å². The topological polar surface area (TPSA) is 85.7 Å². The summed E-state index contributed by atoms with van der Waals surface area (Å²) in [4.78, 5) is 0. The number of nitrogens with zero attached hydrogens (tertiary/aromatic N) is 1. The highest BCUT2D eigenvalue weighted by Crippen LogP contribution is 2.35. The Bertz CT molecular complexity index is 593. The van der Waals surface area contributed by atoms with E-state index >= 15 is 0 Å². The Morgan fingerprint density at radius 3 is 2.50 bits per heavy atom. The van der Waals surface area contributed by atoms with Crippen molar-refractivity contribution in [3.63, 3.8) is 0 Å². The summed E-state index contributed by atoms with van der Waals surface area (Å²) in [6.07, 6.45) is -3.86. The van der Waals surface area contributed by atoms with Gasteiger partial charge in [-0.1, -0.05) is 11.6 Å². The van der Waals surface area contributed by atoms with Gasteiger partial charge in [-0.25, -0.2) is 4.39 Å². The van der Waals surface area contributed by atoms with Crippen LogP contribution in [-0.4, -0.2) is 5.71 Å². The molecule has 0 saturated heterocycles. The lowest BCUT2D eigenvalue weighted by molar-refractivity contribution is -0.137. The number of allylic oxidation sites excluding steroid dienone is 1. The number of hydrogen-bond donors (Lipinski definition) is 3. The summed E-state index contributed by atoms with van der Waals surface area (Å²) in [7, 11) is 0. The largest absolute Gasteiger partial charge is 0.416 e. The summed E-state index contributed by atoms with van der Waals surface area (Å²) >= 11 is 5.55. The van der Waals surface area contributed by atoms with Crippen LogP contribution in [0, 0.1) is 22.6 Å². The number of alkyl halides is 3. The third-order valence-electron chi connectivity index (χ3n) is 2.06. The Kier molecular flexibility index (Phi) is 4.57. The highest BCUT2D eigenvalue weighted by molar-refractivity contribution is 6.33. The van der Waals surface area contributed by atoms with Crippen LogP contribution in [0.15, 0.2) is 24.0 Å². The fraction of sp³-hybridized carbons (Fsp3) is 0.0909. The Hall–Kier alpha value is -2.27.